The maximum absolute atomic E-state index is 9.54. The van der Waals surface area contributed by atoms with Crippen molar-refractivity contribution >= 4 is 25.9 Å². The summed E-state index contributed by atoms with van der Waals surface area (Å²) < 4.78 is 9.54. The molecule has 6 heavy (non-hydrogen) atoms. The number of nitrogens with two attached hydrogens (primary N) is 1. The highest BCUT2D eigenvalue weighted by Gasteiger charge is 1.72. The topological polar surface area (TPSA) is 55.1 Å². The molecule has 0 fully saturated rings. The summed E-state index contributed by atoms with van der Waals surface area (Å²) in [6.07, 6.45) is 0. The van der Waals surface area contributed by atoms with Gasteiger partial charge >= 0.3 is 0 Å². The summed E-state index contributed by atoms with van der Waals surface area (Å²) in [6.45, 7) is 0. The van der Waals surface area contributed by atoms with Gasteiger partial charge in [-0.1, -0.05) is 0 Å². The first-order chi connectivity index (χ1) is 2.77. The molecule has 0 heterocycles. The second-order valence-corrected chi connectivity index (χ2v) is 1.59. The minimum absolute atomic E-state index is 0.0972. The van der Waals surface area contributed by atoms with Crippen molar-refractivity contribution in [1.29, 1.82) is 0 Å². The molecule has 0 saturated heterocycles. The number of nitrogens with one attached hydrogen (secondary N) is 1. The zero-order chi connectivity index (χ0) is 4.99. The summed E-state index contributed by atoms with van der Waals surface area (Å²) >= 11 is 4.28. The van der Waals surface area contributed by atoms with Crippen LogP contribution in [0.25, 0.3) is 0 Å². The number of thiocarbonyl (C=S) groups is 1. The van der Waals surface area contributed by atoms with Gasteiger partial charge in [0.05, 0.1) is 0 Å². The van der Waals surface area contributed by atoms with E-state index < -0.39 is 8.61 Å². The quantitative estimate of drug-likeness (QED) is 0.365. The average Bonchev–Trinajstić information content (AvgIpc) is 1.35. The molecule has 3 N–H and O–H groups in total. The monoisotopic (exact) mass is 124 g/mol. The van der Waals surface area contributed by atoms with Gasteiger partial charge in [-0.05, 0) is 12.2 Å². The number of hydrogen-bond acceptors (Lipinski definition) is 2. The summed E-state index contributed by atoms with van der Waals surface area (Å²) in [5.74, 6) is 0. The Balaban J connectivity index is 3.05. The van der Waals surface area contributed by atoms with Gasteiger partial charge in [-0.3, -0.25) is 0 Å². The van der Waals surface area contributed by atoms with Gasteiger partial charge in [-0.25, -0.2) is 0 Å². The first kappa shape index (κ1) is 5.92. The first-order valence-electron chi connectivity index (χ1n) is 1.27. The molecule has 0 rings (SSSR count). The van der Waals surface area contributed by atoms with Crippen LogP contribution < -0.4 is 10.8 Å². The molecule has 1 atom stereocenters. The molecule has 3 nitrogen and oxygen atoms in total. The lowest BCUT2D eigenvalue weighted by Gasteiger charge is -1.85. The zero-order valence-electron chi connectivity index (χ0n) is 2.97. The van der Waals surface area contributed by atoms with Crippen molar-refractivity contribution < 1.29 is 4.57 Å². The number of rotatable bonds is 1. The first-order valence-corrected chi connectivity index (χ1v) is 2.72. The lowest BCUT2D eigenvalue weighted by atomic mass is 11.3. The Labute approximate surface area is 42.2 Å². The van der Waals surface area contributed by atoms with E-state index in [1.165, 1.54) is 0 Å². The lowest BCUT2D eigenvalue weighted by molar-refractivity contribution is 0.597. The van der Waals surface area contributed by atoms with Crippen LogP contribution in [0.5, 0.6) is 0 Å². The highest BCUT2D eigenvalue weighted by molar-refractivity contribution is 7.80. The Hall–Kier alpha value is -0.0800. The Morgan fingerprint density at radius 3 is 2.50 bits per heavy atom. The van der Waals surface area contributed by atoms with Crippen molar-refractivity contribution in [1.82, 2.24) is 5.09 Å². The maximum Gasteiger partial charge on any atom is 0.168 e. The van der Waals surface area contributed by atoms with Gasteiger partial charge in [0.25, 0.3) is 0 Å². The lowest BCUT2D eigenvalue weighted by Crippen LogP contribution is -2.19. The van der Waals surface area contributed by atoms with Gasteiger partial charge in [-0.2, -0.15) is 0 Å². The molecular weight excluding hydrogens is 119 g/mol. The van der Waals surface area contributed by atoms with Crippen molar-refractivity contribution in [3.63, 3.8) is 0 Å². The predicted octanol–water partition coefficient (Wildman–Crippen LogP) is -0.509. The van der Waals surface area contributed by atoms with E-state index >= 15 is 0 Å². The summed E-state index contributed by atoms with van der Waals surface area (Å²) in [6, 6.07) is 0. The Morgan fingerprint density at radius 2 is 2.50 bits per heavy atom. The molecule has 0 saturated carbocycles. The SMILES string of the molecule is NC(=S)N[PH2]=O. The van der Waals surface area contributed by atoms with Crippen LogP contribution in [-0.2, 0) is 4.57 Å². The summed E-state index contributed by atoms with van der Waals surface area (Å²) in [4.78, 5) is 0. The van der Waals surface area contributed by atoms with Crippen LogP contribution in [0.2, 0.25) is 0 Å². The Bertz CT molecular complexity index is 73.9. The molecule has 0 spiro atoms. The molecule has 0 aromatic heterocycles. The molecule has 0 radical (unpaired) electrons. The van der Waals surface area contributed by atoms with Crippen LogP contribution in [0.15, 0.2) is 0 Å². The van der Waals surface area contributed by atoms with Gasteiger partial charge in [0.2, 0.25) is 0 Å². The predicted molar refractivity (Wildman–Crippen MR) is 30.3 cm³/mol. The molecule has 0 aromatic carbocycles. The van der Waals surface area contributed by atoms with Gasteiger partial charge < -0.3 is 15.4 Å². The van der Waals surface area contributed by atoms with Crippen LogP contribution in [-0.4, -0.2) is 5.11 Å². The van der Waals surface area contributed by atoms with Crippen LogP contribution in [0, 0.1) is 0 Å². The Kier molecular flexibility index (Phi) is 3.08. The van der Waals surface area contributed by atoms with E-state index in [0.717, 1.165) is 0 Å². The van der Waals surface area contributed by atoms with Crippen LogP contribution >= 0.6 is 20.8 Å². The minimum atomic E-state index is -1.01. The van der Waals surface area contributed by atoms with Crippen molar-refractivity contribution in [2.24, 2.45) is 5.73 Å². The zero-order valence-corrected chi connectivity index (χ0v) is 4.94. The molecule has 36 valence electrons. The fraction of sp³-hybridized carbons (Fsp3) is 0. The maximum atomic E-state index is 9.54. The largest absolute Gasteiger partial charge is 0.376 e. The second-order valence-electron chi connectivity index (χ2n) is 0.626. The third kappa shape index (κ3) is 3.92. The molecule has 0 bridgehead atoms. The third-order valence-corrected chi connectivity index (χ3v) is 0.957. The van der Waals surface area contributed by atoms with Gasteiger partial charge in [0.1, 0.15) is 8.61 Å². The third-order valence-electron chi connectivity index (χ3n) is 0.201. The summed E-state index contributed by atoms with van der Waals surface area (Å²) in [5, 5.41) is 2.34. The normalized spacial score (nSPS) is 9.33. The van der Waals surface area contributed by atoms with E-state index in [2.05, 4.69) is 17.3 Å². The van der Waals surface area contributed by atoms with Gasteiger partial charge in [0, 0.05) is 0 Å². The summed E-state index contributed by atoms with van der Waals surface area (Å²) in [7, 11) is -1.01. The fourth-order valence-corrected chi connectivity index (χ4v) is 0.319. The van der Waals surface area contributed by atoms with E-state index in [4.69, 9.17) is 5.73 Å². The molecule has 0 aliphatic rings. The van der Waals surface area contributed by atoms with Gasteiger partial charge in [0.15, 0.2) is 5.11 Å². The molecular formula is CH5N2OPS. The van der Waals surface area contributed by atoms with Crippen molar-refractivity contribution in [3.05, 3.63) is 0 Å². The second kappa shape index (κ2) is 3.12. The average molecular weight is 124 g/mol. The van der Waals surface area contributed by atoms with Crippen molar-refractivity contribution in [3.8, 4) is 0 Å². The smallest absolute Gasteiger partial charge is 0.168 e. The van der Waals surface area contributed by atoms with E-state index in [1.54, 1.807) is 0 Å². The molecule has 5 heteroatoms. The van der Waals surface area contributed by atoms with Crippen molar-refractivity contribution in [2.75, 3.05) is 0 Å². The Morgan fingerprint density at radius 1 is 2.00 bits per heavy atom. The molecule has 0 aliphatic heterocycles. The van der Waals surface area contributed by atoms with Crippen LogP contribution in [0.4, 0.5) is 0 Å². The standard InChI is InChI=1S/CH5N2OPS/c2-1(6)3-5-4/h5H2,(H3,2,3,4,6). The van der Waals surface area contributed by atoms with E-state index in [0.29, 0.717) is 0 Å². The van der Waals surface area contributed by atoms with E-state index in [9.17, 15) is 4.57 Å². The molecule has 0 amide bonds. The van der Waals surface area contributed by atoms with Gasteiger partial charge in [-0.15, -0.1) is 0 Å². The minimum Gasteiger partial charge on any atom is -0.376 e. The van der Waals surface area contributed by atoms with Crippen LogP contribution in [0.1, 0.15) is 0 Å². The van der Waals surface area contributed by atoms with E-state index in [1.807, 2.05) is 0 Å². The summed E-state index contributed by atoms with van der Waals surface area (Å²) in [5.41, 5.74) is 4.84. The highest BCUT2D eigenvalue weighted by atomic mass is 32.1. The van der Waals surface area contributed by atoms with Crippen LogP contribution in [0.3, 0.4) is 0 Å². The molecule has 0 aromatic rings. The van der Waals surface area contributed by atoms with Crippen molar-refractivity contribution in [2.45, 2.75) is 0 Å². The number of hydrogen-bond donors (Lipinski definition) is 2. The molecule has 0 aliphatic carbocycles. The van der Waals surface area contributed by atoms with E-state index in [-0.39, 0.29) is 5.11 Å². The molecule has 1 unspecified atom stereocenters. The highest BCUT2D eigenvalue weighted by Crippen LogP contribution is 1.75. The fourth-order valence-electron chi connectivity index (χ4n) is 0.0581.